The van der Waals surface area contributed by atoms with Crippen molar-refractivity contribution in [3.05, 3.63) is 0 Å². The van der Waals surface area contributed by atoms with Crippen LogP contribution in [0.25, 0.3) is 0 Å². The van der Waals surface area contributed by atoms with Crippen molar-refractivity contribution in [2.24, 2.45) is 5.92 Å². The summed E-state index contributed by atoms with van der Waals surface area (Å²) in [5, 5.41) is 25.1. The topological polar surface area (TPSA) is 128 Å². The maximum absolute atomic E-state index is 12.8. The number of nitrogens with one attached hydrogen (secondary N) is 2. The van der Waals surface area contributed by atoms with Crippen LogP contribution in [0.15, 0.2) is 0 Å². The highest BCUT2D eigenvalue weighted by molar-refractivity contribution is 5.86. The highest BCUT2D eigenvalue weighted by atomic mass is 16.6. The van der Waals surface area contributed by atoms with Crippen molar-refractivity contribution in [1.29, 1.82) is 0 Å². The van der Waals surface area contributed by atoms with Crippen molar-refractivity contribution in [3.8, 4) is 0 Å². The summed E-state index contributed by atoms with van der Waals surface area (Å²) in [6.45, 7) is 10.8. The molecule has 1 heterocycles. The van der Waals surface area contributed by atoms with Gasteiger partial charge in [-0.15, -0.1) is 0 Å². The molecule has 162 valence electrons. The van der Waals surface area contributed by atoms with Gasteiger partial charge in [-0.05, 0) is 52.9 Å². The molecule has 0 aromatic heterocycles. The largest absolute Gasteiger partial charge is 0.465 e. The fraction of sp³-hybridized carbons (Fsp3) is 0.842. The maximum Gasteiger partial charge on any atom is 0.408 e. The predicted molar refractivity (Wildman–Crippen MR) is 104 cm³/mol. The molecular formula is C19H35N3O6. The average molecular weight is 402 g/mol. The number of rotatable bonds is 5. The Hall–Kier alpha value is -2.03. The zero-order valence-corrected chi connectivity index (χ0v) is 17.7. The maximum atomic E-state index is 12.8. The van der Waals surface area contributed by atoms with E-state index < -0.39 is 41.9 Å². The Bertz CT molecular complexity index is 560. The van der Waals surface area contributed by atoms with Crippen molar-refractivity contribution in [2.75, 3.05) is 6.54 Å². The van der Waals surface area contributed by atoms with Crippen LogP contribution in [0.1, 0.15) is 60.8 Å². The molecule has 4 N–H and O–H groups in total. The third-order valence-electron chi connectivity index (χ3n) is 4.56. The molecule has 9 heteroatoms. The molecule has 9 nitrogen and oxygen atoms in total. The van der Waals surface area contributed by atoms with E-state index in [1.165, 1.54) is 4.90 Å². The number of carbonyl (C=O) groups excluding carboxylic acids is 2. The third kappa shape index (κ3) is 7.92. The van der Waals surface area contributed by atoms with E-state index in [0.29, 0.717) is 19.3 Å². The van der Waals surface area contributed by atoms with Crippen molar-refractivity contribution in [1.82, 2.24) is 15.5 Å². The Morgan fingerprint density at radius 1 is 1.21 bits per heavy atom. The van der Waals surface area contributed by atoms with Gasteiger partial charge in [-0.25, -0.2) is 9.59 Å². The minimum atomic E-state index is -1.09. The Kier molecular flexibility index (Phi) is 8.53. The Labute approximate surface area is 166 Å². The van der Waals surface area contributed by atoms with Gasteiger partial charge >= 0.3 is 12.2 Å². The van der Waals surface area contributed by atoms with Gasteiger partial charge in [0.15, 0.2) is 0 Å². The molecule has 1 aliphatic heterocycles. The van der Waals surface area contributed by atoms with Gasteiger partial charge < -0.3 is 30.5 Å². The Morgan fingerprint density at radius 2 is 1.82 bits per heavy atom. The third-order valence-corrected chi connectivity index (χ3v) is 4.56. The van der Waals surface area contributed by atoms with Gasteiger partial charge in [0.25, 0.3) is 0 Å². The molecule has 4 atom stereocenters. The second-order valence-electron chi connectivity index (χ2n) is 8.87. The summed E-state index contributed by atoms with van der Waals surface area (Å²) in [7, 11) is 0. The fourth-order valence-electron chi connectivity index (χ4n) is 3.15. The van der Waals surface area contributed by atoms with E-state index in [1.807, 2.05) is 13.8 Å². The van der Waals surface area contributed by atoms with Gasteiger partial charge in [0.05, 0.1) is 18.7 Å². The SMILES string of the molecule is CC(C)C[C@H](NC(=O)OC(C)(C)C)C(=O)N[C@H]1CC[C@@H](C)N(C(=O)O)C[C@@H]1O. The normalized spacial score (nSPS) is 24.3. The first-order valence-electron chi connectivity index (χ1n) is 9.77. The number of aliphatic hydroxyl groups is 1. The van der Waals surface area contributed by atoms with Crippen LogP contribution in [0.2, 0.25) is 0 Å². The van der Waals surface area contributed by atoms with Gasteiger partial charge in [-0.2, -0.15) is 0 Å². The first-order chi connectivity index (χ1) is 12.8. The quantitative estimate of drug-likeness (QED) is 0.557. The van der Waals surface area contributed by atoms with E-state index in [2.05, 4.69) is 10.6 Å². The van der Waals surface area contributed by atoms with Crippen molar-refractivity contribution >= 4 is 18.1 Å². The van der Waals surface area contributed by atoms with Crippen LogP contribution < -0.4 is 10.6 Å². The Balaban J connectivity index is 2.80. The molecule has 0 aliphatic carbocycles. The molecule has 0 saturated carbocycles. The molecule has 28 heavy (non-hydrogen) atoms. The summed E-state index contributed by atoms with van der Waals surface area (Å²) < 4.78 is 5.23. The van der Waals surface area contributed by atoms with Crippen LogP contribution in [0.3, 0.4) is 0 Å². The van der Waals surface area contributed by atoms with E-state index in [4.69, 9.17) is 4.74 Å². The second-order valence-corrected chi connectivity index (χ2v) is 8.87. The lowest BCUT2D eigenvalue weighted by Crippen LogP contribution is -2.54. The van der Waals surface area contributed by atoms with Crippen molar-refractivity contribution < 1.29 is 29.3 Å². The van der Waals surface area contributed by atoms with Gasteiger partial charge in [-0.3, -0.25) is 4.79 Å². The molecule has 1 rings (SSSR count). The van der Waals surface area contributed by atoms with Gasteiger partial charge in [-0.1, -0.05) is 13.8 Å². The first-order valence-corrected chi connectivity index (χ1v) is 9.77. The summed E-state index contributed by atoms with van der Waals surface area (Å²) in [5.74, 6) is -0.271. The smallest absolute Gasteiger partial charge is 0.408 e. The summed E-state index contributed by atoms with van der Waals surface area (Å²) in [4.78, 5) is 37.4. The molecule has 0 spiro atoms. The monoisotopic (exact) mass is 401 g/mol. The van der Waals surface area contributed by atoms with Crippen molar-refractivity contribution in [2.45, 2.75) is 90.6 Å². The van der Waals surface area contributed by atoms with E-state index in [0.717, 1.165) is 0 Å². The number of hydrogen-bond acceptors (Lipinski definition) is 5. The highest BCUT2D eigenvalue weighted by Crippen LogP contribution is 2.18. The van der Waals surface area contributed by atoms with Gasteiger partial charge in [0, 0.05) is 6.04 Å². The minimum absolute atomic E-state index is 0.0736. The molecule has 1 aliphatic rings. The Morgan fingerprint density at radius 3 is 2.32 bits per heavy atom. The number of aliphatic hydroxyl groups excluding tert-OH is 1. The summed E-state index contributed by atoms with van der Waals surface area (Å²) in [5.41, 5.74) is -0.684. The van der Waals surface area contributed by atoms with Crippen LogP contribution in [0.4, 0.5) is 9.59 Å². The molecule has 0 radical (unpaired) electrons. The number of hydrogen-bond donors (Lipinski definition) is 4. The number of amides is 3. The van der Waals surface area contributed by atoms with Crippen LogP contribution in [0.5, 0.6) is 0 Å². The number of β-amino-alcohol motifs (C(OH)–C–C–N with tert-alkyl or cyclic N) is 1. The number of alkyl carbamates (subject to hydrolysis) is 1. The number of ether oxygens (including phenoxy) is 1. The molecule has 3 amide bonds. The van der Waals surface area contributed by atoms with Crippen LogP contribution >= 0.6 is 0 Å². The molecule has 0 aromatic rings. The lowest BCUT2D eigenvalue weighted by atomic mass is 10.0. The molecule has 1 saturated heterocycles. The first kappa shape index (κ1) is 24.0. The second kappa shape index (κ2) is 9.95. The number of nitrogens with zero attached hydrogens (tertiary/aromatic N) is 1. The standard InChI is InChI=1S/C19H35N3O6/c1-11(2)9-14(21-17(25)28-19(4,5)6)16(24)20-13-8-7-12(3)22(18(26)27)10-15(13)23/h11-15,23H,7-10H2,1-6H3,(H,20,24)(H,21,25)(H,26,27)/t12-,13+,14+,15+/m1/s1. The zero-order chi connectivity index (χ0) is 21.6. The number of carbonyl (C=O) groups is 3. The molecule has 0 bridgehead atoms. The fourth-order valence-corrected chi connectivity index (χ4v) is 3.15. The highest BCUT2D eigenvalue weighted by Gasteiger charge is 2.34. The van der Waals surface area contributed by atoms with Crippen molar-refractivity contribution in [3.63, 3.8) is 0 Å². The van der Waals surface area contributed by atoms with E-state index in [-0.39, 0.29) is 18.5 Å². The van der Waals surface area contributed by atoms with Gasteiger partial charge in [0.2, 0.25) is 5.91 Å². The predicted octanol–water partition coefficient (Wildman–Crippen LogP) is 1.93. The molecule has 0 unspecified atom stereocenters. The molecule has 0 aromatic carbocycles. The lowest BCUT2D eigenvalue weighted by Gasteiger charge is -2.28. The summed E-state index contributed by atoms with van der Waals surface area (Å²) >= 11 is 0. The lowest BCUT2D eigenvalue weighted by molar-refractivity contribution is -0.125. The van der Waals surface area contributed by atoms with E-state index in [9.17, 15) is 24.6 Å². The van der Waals surface area contributed by atoms with Crippen LogP contribution in [-0.2, 0) is 9.53 Å². The summed E-state index contributed by atoms with van der Waals surface area (Å²) in [6, 6.07) is -1.65. The average Bonchev–Trinajstić information content (AvgIpc) is 2.65. The minimum Gasteiger partial charge on any atom is -0.465 e. The van der Waals surface area contributed by atoms with E-state index >= 15 is 0 Å². The number of likely N-dealkylation sites (tertiary alicyclic amines) is 1. The summed E-state index contributed by atoms with van der Waals surface area (Å²) in [6.07, 6.45) is -1.43. The molecule has 1 fully saturated rings. The molecular weight excluding hydrogens is 366 g/mol. The van der Waals surface area contributed by atoms with E-state index in [1.54, 1.807) is 27.7 Å². The van der Waals surface area contributed by atoms with Crippen LogP contribution in [0, 0.1) is 5.92 Å². The zero-order valence-electron chi connectivity index (χ0n) is 17.7. The van der Waals surface area contributed by atoms with Gasteiger partial charge in [0.1, 0.15) is 11.6 Å². The van der Waals surface area contributed by atoms with Crippen LogP contribution in [-0.4, -0.2) is 69.6 Å². The number of carboxylic acid groups (broad SMARTS) is 1.